The summed E-state index contributed by atoms with van der Waals surface area (Å²) in [4.78, 5) is 5.40. The molecule has 0 aromatic heterocycles. The predicted molar refractivity (Wildman–Crippen MR) is 92.7 cm³/mol. The van der Waals surface area contributed by atoms with Gasteiger partial charge in [-0.15, -0.1) is 0 Å². The molecule has 0 N–H and O–H groups in total. The Morgan fingerprint density at radius 2 is 1.24 bits per heavy atom. The fourth-order valence-electron chi connectivity index (χ4n) is 3.90. The molecule has 0 unspecified atom stereocenters. The van der Waals surface area contributed by atoms with Gasteiger partial charge < -0.3 is 4.90 Å². The summed E-state index contributed by atoms with van der Waals surface area (Å²) >= 11 is 0. The Balaban J connectivity index is 1.77. The van der Waals surface area contributed by atoms with Crippen LogP contribution in [0.4, 0.5) is 0 Å². The van der Waals surface area contributed by atoms with E-state index >= 15 is 0 Å². The van der Waals surface area contributed by atoms with Gasteiger partial charge in [0.1, 0.15) is 0 Å². The first kappa shape index (κ1) is 17.3. The molecule has 0 aromatic rings. The number of hydrogen-bond donors (Lipinski definition) is 0. The van der Waals surface area contributed by atoms with Crippen molar-refractivity contribution in [1.29, 1.82) is 0 Å². The molecule has 124 valence electrons. The van der Waals surface area contributed by atoms with E-state index in [1.807, 2.05) is 0 Å². The van der Waals surface area contributed by atoms with Crippen molar-refractivity contribution >= 4 is 0 Å². The quantitative estimate of drug-likeness (QED) is 0.745. The average Bonchev–Trinajstić information content (AvgIpc) is 2.37. The summed E-state index contributed by atoms with van der Waals surface area (Å²) in [5.41, 5.74) is 1.52. The Kier molecular flexibility index (Phi) is 5.10. The number of piperidine rings is 2. The Bertz CT molecular complexity index is 316. The molecule has 2 aliphatic rings. The van der Waals surface area contributed by atoms with Gasteiger partial charge in [0.15, 0.2) is 0 Å². The van der Waals surface area contributed by atoms with Crippen LogP contribution in [0.5, 0.6) is 0 Å². The monoisotopic (exact) mass is 294 g/mol. The highest BCUT2D eigenvalue weighted by atomic mass is 15.2. The minimum atomic E-state index is 0.356. The minimum absolute atomic E-state index is 0.356. The molecular weight excluding hydrogens is 256 g/mol. The molecule has 2 fully saturated rings. The first-order chi connectivity index (χ1) is 9.60. The van der Waals surface area contributed by atoms with E-state index < -0.39 is 0 Å². The van der Waals surface area contributed by atoms with Gasteiger partial charge >= 0.3 is 0 Å². The van der Waals surface area contributed by atoms with Crippen molar-refractivity contribution in [2.24, 2.45) is 10.8 Å². The van der Waals surface area contributed by atoms with Crippen LogP contribution >= 0.6 is 0 Å². The second-order valence-electron chi connectivity index (χ2n) is 9.81. The molecular formula is C19H38N2. The Morgan fingerprint density at radius 1 is 0.762 bits per heavy atom. The molecule has 2 heteroatoms. The average molecular weight is 295 g/mol. The molecule has 0 aliphatic carbocycles. The van der Waals surface area contributed by atoms with Crippen molar-refractivity contribution in [3.05, 3.63) is 0 Å². The molecule has 2 saturated heterocycles. The van der Waals surface area contributed by atoms with Crippen molar-refractivity contribution in [3.63, 3.8) is 0 Å². The smallest absolute Gasteiger partial charge is 0.0125 e. The Hall–Kier alpha value is -0.0800. The van der Waals surface area contributed by atoms with Crippen LogP contribution in [0, 0.1) is 10.8 Å². The van der Waals surface area contributed by atoms with Gasteiger partial charge in [0, 0.05) is 5.54 Å². The van der Waals surface area contributed by atoms with Gasteiger partial charge in [0.05, 0.1) is 0 Å². The molecule has 2 nitrogen and oxygen atoms in total. The molecule has 0 radical (unpaired) electrons. The molecule has 2 aliphatic heterocycles. The zero-order valence-corrected chi connectivity index (χ0v) is 15.5. The second-order valence-corrected chi connectivity index (χ2v) is 9.81. The molecule has 0 saturated carbocycles. The zero-order valence-electron chi connectivity index (χ0n) is 15.5. The summed E-state index contributed by atoms with van der Waals surface area (Å²) in [5.74, 6) is 0. The summed E-state index contributed by atoms with van der Waals surface area (Å²) in [5, 5.41) is 0. The molecule has 2 heterocycles. The number of hydrogen-bond acceptors (Lipinski definition) is 2. The van der Waals surface area contributed by atoms with Crippen LogP contribution in [0.25, 0.3) is 0 Å². The van der Waals surface area contributed by atoms with E-state index in [1.54, 1.807) is 0 Å². The predicted octanol–water partition coefficient (Wildman–Crippen LogP) is 4.40. The van der Waals surface area contributed by atoms with Crippen molar-refractivity contribution in [1.82, 2.24) is 9.80 Å². The summed E-state index contributed by atoms with van der Waals surface area (Å²) in [6.07, 6.45) is 7.07. The van der Waals surface area contributed by atoms with E-state index in [-0.39, 0.29) is 0 Å². The number of rotatable bonds is 2. The Morgan fingerprint density at radius 3 is 1.67 bits per heavy atom. The van der Waals surface area contributed by atoms with E-state index in [4.69, 9.17) is 0 Å². The van der Waals surface area contributed by atoms with Gasteiger partial charge in [-0.05, 0) is 96.4 Å². The maximum atomic E-state index is 2.71. The summed E-state index contributed by atoms with van der Waals surface area (Å²) < 4.78 is 0. The van der Waals surface area contributed by atoms with Crippen LogP contribution in [-0.4, -0.2) is 48.1 Å². The van der Waals surface area contributed by atoms with Gasteiger partial charge in [-0.3, -0.25) is 4.90 Å². The maximum Gasteiger partial charge on any atom is 0.0125 e. The van der Waals surface area contributed by atoms with Crippen LogP contribution in [0.1, 0.15) is 73.6 Å². The fourth-order valence-corrected chi connectivity index (χ4v) is 3.90. The third kappa shape index (κ3) is 4.96. The largest absolute Gasteiger partial charge is 0.303 e. The number of likely N-dealkylation sites (tertiary alicyclic amines) is 2. The summed E-state index contributed by atoms with van der Waals surface area (Å²) in [6.45, 7) is 20.8. The zero-order chi connectivity index (χ0) is 15.7. The third-order valence-corrected chi connectivity index (χ3v) is 5.87. The summed E-state index contributed by atoms with van der Waals surface area (Å²) in [6, 6.07) is 0. The summed E-state index contributed by atoms with van der Waals surface area (Å²) in [7, 11) is 0. The lowest BCUT2D eigenvalue weighted by Gasteiger charge is -2.50. The van der Waals surface area contributed by atoms with Crippen LogP contribution in [0.2, 0.25) is 0 Å². The SMILES string of the molecule is CC(C)(C)CCN1CCC2(CC1)CCN(C(C)(C)C)CC2. The highest BCUT2D eigenvalue weighted by molar-refractivity contribution is 4.93. The second kappa shape index (κ2) is 6.20. The lowest BCUT2D eigenvalue weighted by molar-refractivity contribution is 0.00199. The molecule has 2 rings (SSSR count). The maximum absolute atomic E-state index is 2.71. The van der Waals surface area contributed by atoms with E-state index in [0.717, 1.165) is 0 Å². The van der Waals surface area contributed by atoms with Crippen LogP contribution in [-0.2, 0) is 0 Å². The standard InChI is InChI=1S/C19H38N2/c1-17(2,3)7-12-20-13-8-19(9-14-20)10-15-21(16-11-19)18(4,5)6/h7-16H2,1-6H3. The molecule has 21 heavy (non-hydrogen) atoms. The molecule has 0 bridgehead atoms. The topological polar surface area (TPSA) is 6.48 Å². The molecule has 0 atom stereocenters. The van der Waals surface area contributed by atoms with E-state index in [1.165, 1.54) is 64.8 Å². The van der Waals surface area contributed by atoms with Gasteiger partial charge in [-0.1, -0.05) is 20.8 Å². The van der Waals surface area contributed by atoms with Gasteiger partial charge in [0.2, 0.25) is 0 Å². The first-order valence-corrected chi connectivity index (χ1v) is 9.07. The highest BCUT2D eigenvalue weighted by Gasteiger charge is 2.39. The van der Waals surface area contributed by atoms with Crippen LogP contribution in [0.3, 0.4) is 0 Å². The lowest BCUT2D eigenvalue weighted by Crippen LogP contribution is -2.51. The van der Waals surface area contributed by atoms with Crippen molar-refractivity contribution < 1.29 is 0 Å². The molecule has 0 amide bonds. The first-order valence-electron chi connectivity index (χ1n) is 9.07. The Labute approximate surface area is 133 Å². The molecule has 1 spiro atoms. The minimum Gasteiger partial charge on any atom is -0.303 e. The van der Waals surface area contributed by atoms with E-state index in [9.17, 15) is 0 Å². The lowest BCUT2D eigenvalue weighted by atomic mass is 9.70. The normalized spacial score (nSPS) is 25.4. The van der Waals surface area contributed by atoms with Gasteiger partial charge in [-0.2, -0.15) is 0 Å². The van der Waals surface area contributed by atoms with Crippen molar-refractivity contribution in [2.75, 3.05) is 32.7 Å². The molecule has 0 aromatic carbocycles. The van der Waals surface area contributed by atoms with Crippen molar-refractivity contribution in [2.45, 2.75) is 79.2 Å². The number of nitrogens with zero attached hydrogens (tertiary/aromatic N) is 2. The van der Waals surface area contributed by atoms with Crippen LogP contribution < -0.4 is 0 Å². The van der Waals surface area contributed by atoms with E-state index in [2.05, 4.69) is 51.3 Å². The van der Waals surface area contributed by atoms with Crippen molar-refractivity contribution in [3.8, 4) is 0 Å². The van der Waals surface area contributed by atoms with Gasteiger partial charge in [0.25, 0.3) is 0 Å². The van der Waals surface area contributed by atoms with E-state index in [0.29, 0.717) is 16.4 Å². The van der Waals surface area contributed by atoms with Crippen LogP contribution in [0.15, 0.2) is 0 Å². The highest BCUT2D eigenvalue weighted by Crippen LogP contribution is 2.42. The third-order valence-electron chi connectivity index (χ3n) is 5.87. The fraction of sp³-hybridized carbons (Fsp3) is 1.00. The van der Waals surface area contributed by atoms with Gasteiger partial charge in [-0.25, -0.2) is 0 Å².